The Labute approximate surface area is 102 Å². The fourth-order valence-corrected chi connectivity index (χ4v) is 3.65. The minimum absolute atomic E-state index is 0.0106. The molecule has 0 amide bonds. The van der Waals surface area contributed by atoms with E-state index in [1.165, 1.54) is 31.8 Å². The van der Waals surface area contributed by atoms with Gasteiger partial charge >= 0.3 is 0 Å². The Kier molecular flexibility index (Phi) is 3.83. The van der Waals surface area contributed by atoms with E-state index in [2.05, 4.69) is 14.7 Å². The van der Waals surface area contributed by atoms with Crippen LogP contribution in [-0.2, 0) is 10.0 Å². The average Bonchev–Trinajstić information content (AvgIpc) is 2.84. The Morgan fingerprint density at radius 3 is 2.71 bits per heavy atom. The van der Waals surface area contributed by atoms with Crippen molar-refractivity contribution in [3.8, 4) is 0 Å². The summed E-state index contributed by atoms with van der Waals surface area (Å²) < 4.78 is 26.7. The van der Waals surface area contributed by atoms with Crippen LogP contribution in [0.25, 0.3) is 0 Å². The number of imidazole rings is 1. The summed E-state index contributed by atoms with van der Waals surface area (Å²) in [7, 11) is -3.43. The molecular weight excluding hydrogens is 238 g/mol. The van der Waals surface area contributed by atoms with Gasteiger partial charge in [0, 0.05) is 6.04 Å². The van der Waals surface area contributed by atoms with Crippen molar-refractivity contribution in [2.24, 2.45) is 5.92 Å². The number of rotatable bonds is 4. The highest BCUT2D eigenvalue weighted by Crippen LogP contribution is 2.26. The molecule has 0 radical (unpaired) electrons. The van der Waals surface area contributed by atoms with Crippen LogP contribution in [0.1, 0.15) is 39.0 Å². The number of aromatic amines is 1. The van der Waals surface area contributed by atoms with Crippen molar-refractivity contribution >= 4 is 10.0 Å². The fraction of sp³-hybridized carbons (Fsp3) is 0.727. The minimum Gasteiger partial charge on any atom is -0.335 e. The predicted octanol–water partition coefficient (Wildman–Crippen LogP) is 1.66. The molecule has 1 heterocycles. The van der Waals surface area contributed by atoms with Crippen molar-refractivity contribution in [3.63, 3.8) is 0 Å². The first-order chi connectivity index (χ1) is 8.09. The van der Waals surface area contributed by atoms with Crippen LogP contribution in [0.15, 0.2) is 17.6 Å². The second-order valence-corrected chi connectivity index (χ2v) is 6.41. The minimum atomic E-state index is -3.43. The molecular formula is C11H19N3O2S. The molecule has 2 rings (SSSR count). The Bertz CT molecular complexity index is 435. The standard InChI is InChI=1S/C11H19N3O2S/c1-9(10-5-3-2-4-6-10)14-17(15,16)11-7-12-8-13-11/h7-10,14H,2-6H2,1H3,(H,12,13). The molecule has 0 bridgehead atoms. The van der Waals surface area contributed by atoms with Crippen molar-refractivity contribution < 1.29 is 8.42 Å². The lowest BCUT2D eigenvalue weighted by Gasteiger charge is -2.27. The highest BCUT2D eigenvalue weighted by atomic mass is 32.2. The SMILES string of the molecule is CC(NS(=O)(=O)c1cnc[nH]1)C1CCCCC1. The van der Waals surface area contributed by atoms with Gasteiger partial charge in [0.2, 0.25) is 0 Å². The number of H-pyrrole nitrogens is 1. The van der Waals surface area contributed by atoms with Crippen molar-refractivity contribution in [3.05, 3.63) is 12.5 Å². The van der Waals surface area contributed by atoms with Crippen LogP contribution in [0.2, 0.25) is 0 Å². The summed E-state index contributed by atoms with van der Waals surface area (Å²) in [6, 6.07) is -0.0106. The number of nitrogens with one attached hydrogen (secondary N) is 2. The van der Waals surface area contributed by atoms with E-state index in [0.717, 1.165) is 12.8 Å². The normalized spacial score (nSPS) is 20.3. The number of aromatic nitrogens is 2. The zero-order chi connectivity index (χ0) is 12.3. The van der Waals surface area contributed by atoms with Crippen LogP contribution in [0.3, 0.4) is 0 Å². The first-order valence-electron chi connectivity index (χ1n) is 6.10. The molecule has 1 atom stereocenters. The summed E-state index contributed by atoms with van der Waals surface area (Å²) in [5.41, 5.74) is 0. The summed E-state index contributed by atoms with van der Waals surface area (Å²) in [6.07, 6.45) is 8.63. The highest BCUT2D eigenvalue weighted by Gasteiger charge is 2.25. The van der Waals surface area contributed by atoms with Crippen LogP contribution in [0, 0.1) is 5.92 Å². The zero-order valence-electron chi connectivity index (χ0n) is 10.0. The lowest BCUT2D eigenvalue weighted by atomic mass is 9.85. The second kappa shape index (κ2) is 5.18. The monoisotopic (exact) mass is 257 g/mol. The first-order valence-corrected chi connectivity index (χ1v) is 7.58. The molecule has 2 N–H and O–H groups in total. The van der Waals surface area contributed by atoms with Gasteiger partial charge in [0.15, 0.2) is 5.03 Å². The maximum atomic E-state index is 12.0. The Balaban J connectivity index is 2.00. The van der Waals surface area contributed by atoms with Gasteiger partial charge in [-0.3, -0.25) is 0 Å². The van der Waals surface area contributed by atoms with E-state index in [1.54, 1.807) is 0 Å². The predicted molar refractivity (Wildman–Crippen MR) is 64.9 cm³/mol. The molecule has 1 aliphatic carbocycles. The van der Waals surface area contributed by atoms with Crippen molar-refractivity contribution in [2.75, 3.05) is 0 Å². The molecule has 1 saturated carbocycles. The molecule has 1 unspecified atom stereocenters. The average molecular weight is 257 g/mol. The van der Waals surface area contributed by atoms with Crippen LogP contribution >= 0.6 is 0 Å². The fourth-order valence-electron chi connectivity index (χ4n) is 2.43. The van der Waals surface area contributed by atoms with Crippen LogP contribution in [-0.4, -0.2) is 24.4 Å². The van der Waals surface area contributed by atoms with E-state index in [4.69, 9.17) is 0 Å². The molecule has 0 aromatic carbocycles. The van der Waals surface area contributed by atoms with E-state index >= 15 is 0 Å². The molecule has 6 heteroatoms. The molecule has 1 aromatic heterocycles. The van der Waals surface area contributed by atoms with Crippen molar-refractivity contribution in [1.29, 1.82) is 0 Å². The highest BCUT2D eigenvalue weighted by molar-refractivity contribution is 7.89. The molecule has 96 valence electrons. The second-order valence-electron chi connectivity index (χ2n) is 4.72. The summed E-state index contributed by atoms with van der Waals surface area (Å²) >= 11 is 0. The molecule has 17 heavy (non-hydrogen) atoms. The van der Waals surface area contributed by atoms with Crippen molar-refractivity contribution in [2.45, 2.75) is 50.1 Å². The molecule has 0 spiro atoms. The van der Waals surface area contributed by atoms with Gasteiger partial charge in [-0.2, -0.15) is 0 Å². The lowest BCUT2D eigenvalue weighted by Crippen LogP contribution is -2.38. The van der Waals surface area contributed by atoms with Crippen molar-refractivity contribution in [1.82, 2.24) is 14.7 Å². The number of hydrogen-bond donors (Lipinski definition) is 2. The Morgan fingerprint density at radius 1 is 1.41 bits per heavy atom. The lowest BCUT2D eigenvalue weighted by molar-refractivity contribution is 0.303. The molecule has 1 aromatic rings. The van der Waals surface area contributed by atoms with E-state index in [1.807, 2.05) is 6.92 Å². The largest absolute Gasteiger partial charge is 0.335 e. The van der Waals surface area contributed by atoms with E-state index in [-0.39, 0.29) is 11.1 Å². The summed E-state index contributed by atoms with van der Waals surface area (Å²) in [6.45, 7) is 1.95. The van der Waals surface area contributed by atoms with Gasteiger partial charge in [0.25, 0.3) is 10.0 Å². The van der Waals surface area contributed by atoms with Crippen LogP contribution in [0.5, 0.6) is 0 Å². The third-order valence-corrected chi connectivity index (χ3v) is 4.95. The molecule has 1 fully saturated rings. The number of nitrogens with zero attached hydrogens (tertiary/aromatic N) is 1. The maximum Gasteiger partial charge on any atom is 0.257 e. The van der Waals surface area contributed by atoms with E-state index in [9.17, 15) is 8.42 Å². The Hall–Kier alpha value is -0.880. The zero-order valence-corrected chi connectivity index (χ0v) is 10.8. The first kappa shape index (κ1) is 12.6. The summed E-state index contributed by atoms with van der Waals surface area (Å²) in [4.78, 5) is 6.36. The third-order valence-electron chi connectivity index (χ3n) is 3.46. The van der Waals surface area contributed by atoms with Gasteiger partial charge in [-0.15, -0.1) is 0 Å². The van der Waals surface area contributed by atoms with E-state index in [0.29, 0.717) is 5.92 Å². The van der Waals surface area contributed by atoms with Gasteiger partial charge in [0.1, 0.15) is 0 Å². The van der Waals surface area contributed by atoms with Gasteiger partial charge in [0.05, 0.1) is 12.5 Å². The van der Waals surface area contributed by atoms with Crippen LogP contribution < -0.4 is 4.72 Å². The molecule has 1 aliphatic rings. The van der Waals surface area contributed by atoms with Gasteiger partial charge < -0.3 is 4.98 Å². The molecule has 0 aliphatic heterocycles. The third kappa shape index (κ3) is 3.07. The smallest absolute Gasteiger partial charge is 0.257 e. The maximum absolute atomic E-state index is 12.0. The summed E-state index contributed by atoms with van der Waals surface area (Å²) in [5.74, 6) is 0.460. The Morgan fingerprint density at radius 2 is 2.12 bits per heavy atom. The molecule has 0 saturated heterocycles. The van der Waals surface area contributed by atoms with Gasteiger partial charge in [-0.25, -0.2) is 18.1 Å². The number of hydrogen-bond acceptors (Lipinski definition) is 3. The quantitative estimate of drug-likeness (QED) is 0.861. The van der Waals surface area contributed by atoms with Gasteiger partial charge in [-0.1, -0.05) is 19.3 Å². The summed E-state index contributed by atoms with van der Waals surface area (Å²) in [5, 5.41) is 0.139. The van der Waals surface area contributed by atoms with E-state index < -0.39 is 10.0 Å². The number of sulfonamides is 1. The van der Waals surface area contributed by atoms with Gasteiger partial charge in [-0.05, 0) is 25.7 Å². The van der Waals surface area contributed by atoms with Crippen LogP contribution in [0.4, 0.5) is 0 Å². The molecule has 5 nitrogen and oxygen atoms in total. The topological polar surface area (TPSA) is 74.8 Å².